The zero-order valence-corrected chi connectivity index (χ0v) is 14.3. The van der Waals surface area contributed by atoms with Crippen LogP contribution in [0.2, 0.25) is 4.34 Å². The number of nitrogens with zero attached hydrogens (tertiary/aromatic N) is 2. The number of benzene rings is 1. The summed E-state index contributed by atoms with van der Waals surface area (Å²) in [4.78, 5) is 6.00. The van der Waals surface area contributed by atoms with Crippen LogP contribution in [-0.4, -0.2) is 15.4 Å². The van der Waals surface area contributed by atoms with E-state index < -0.39 is 0 Å². The summed E-state index contributed by atoms with van der Waals surface area (Å²) in [6.45, 7) is 4.27. The van der Waals surface area contributed by atoms with E-state index in [0.29, 0.717) is 5.88 Å². The van der Waals surface area contributed by atoms with E-state index in [4.69, 9.17) is 28.2 Å². The van der Waals surface area contributed by atoms with Gasteiger partial charge in [0.1, 0.15) is 5.82 Å². The molecule has 2 heterocycles. The highest BCUT2D eigenvalue weighted by atomic mass is 35.5. The highest BCUT2D eigenvalue weighted by molar-refractivity contribution is 7.16. The van der Waals surface area contributed by atoms with Gasteiger partial charge in [0.15, 0.2) is 0 Å². The molecule has 0 aliphatic heterocycles. The van der Waals surface area contributed by atoms with Crippen molar-refractivity contribution < 1.29 is 0 Å². The number of aryl methyl sites for hydroxylation is 2. The van der Waals surface area contributed by atoms with E-state index in [0.717, 1.165) is 27.6 Å². The molecule has 3 aromatic rings. The molecular weight excluding hydrogens is 323 g/mol. The van der Waals surface area contributed by atoms with Crippen LogP contribution in [0.15, 0.2) is 30.3 Å². The third-order valence-electron chi connectivity index (χ3n) is 3.63. The minimum atomic E-state index is 0.202. The van der Waals surface area contributed by atoms with Crippen molar-refractivity contribution in [2.45, 2.75) is 26.3 Å². The summed E-state index contributed by atoms with van der Waals surface area (Å²) in [6.07, 6.45) is 0.763. The second-order valence-corrected chi connectivity index (χ2v) is 7.27. The first kappa shape index (κ1) is 14.9. The van der Waals surface area contributed by atoms with Crippen LogP contribution < -0.4 is 0 Å². The van der Waals surface area contributed by atoms with Gasteiger partial charge in [0.2, 0.25) is 0 Å². The number of imidazole rings is 1. The Bertz CT molecular complexity index is 776. The fourth-order valence-electron chi connectivity index (χ4n) is 2.63. The Kier molecular flexibility index (Phi) is 4.25. The van der Waals surface area contributed by atoms with Crippen LogP contribution in [0.4, 0.5) is 0 Å². The number of hydrogen-bond acceptors (Lipinski definition) is 2. The maximum absolute atomic E-state index is 6.08. The number of alkyl halides is 1. The third kappa shape index (κ3) is 2.83. The maximum atomic E-state index is 6.08. The summed E-state index contributed by atoms with van der Waals surface area (Å²) < 4.78 is 3.09. The summed E-state index contributed by atoms with van der Waals surface area (Å²) in [5.41, 5.74) is 3.40. The minimum Gasteiger partial charge on any atom is -0.320 e. The molecule has 2 nitrogen and oxygen atoms in total. The molecule has 21 heavy (non-hydrogen) atoms. The van der Waals surface area contributed by atoms with E-state index in [1.807, 2.05) is 6.07 Å². The molecule has 5 heteroatoms. The van der Waals surface area contributed by atoms with E-state index in [1.54, 1.807) is 11.3 Å². The monoisotopic (exact) mass is 338 g/mol. The van der Waals surface area contributed by atoms with Crippen molar-refractivity contribution in [1.82, 2.24) is 9.55 Å². The largest absolute Gasteiger partial charge is 0.320 e. The van der Waals surface area contributed by atoms with Gasteiger partial charge in [-0.1, -0.05) is 17.7 Å². The van der Waals surface area contributed by atoms with Crippen LogP contribution >= 0.6 is 34.5 Å². The average Bonchev–Trinajstić information content (AvgIpc) is 3.01. The topological polar surface area (TPSA) is 17.8 Å². The molecule has 0 saturated heterocycles. The highest BCUT2D eigenvalue weighted by Crippen LogP contribution is 2.32. The van der Waals surface area contributed by atoms with Gasteiger partial charge >= 0.3 is 0 Å². The van der Waals surface area contributed by atoms with E-state index >= 15 is 0 Å². The number of aromatic nitrogens is 2. The molecule has 0 saturated carbocycles. The molecule has 0 radical (unpaired) electrons. The average molecular weight is 339 g/mol. The van der Waals surface area contributed by atoms with Crippen LogP contribution in [0.25, 0.3) is 11.0 Å². The molecule has 1 aromatic carbocycles. The van der Waals surface area contributed by atoms with Gasteiger partial charge in [-0.2, -0.15) is 0 Å². The van der Waals surface area contributed by atoms with Crippen LogP contribution in [0.3, 0.4) is 0 Å². The first-order valence-corrected chi connectivity index (χ1v) is 8.61. The molecule has 0 bridgehead atoms. The Balaban J connectivity index is 2.16. The van der Waals surface area contributed by atoms with Crippen molar-refractivity contribution >= 4 is 45.6 Å². The molecule has 0 spiro atoms. The molecule has 0 amide bonds. The third-order valence-corrected chi connectivity index (χ3v) is 5.22. The predicted molar refractivity (Wildman–Crippen MR) is 92.0 cm³/mol. The number of rotatable bonds is 4. The van der Waals surface area contributed by atoms with Gasteiger partial charge in [-0.15, -0.1) is 22.9 Å². The Morgan fingerprint density at radius 1 is 1.29 bits per heavy atom. The first-order chi connectivity index (χ1) is 10.1. The molecule has 0 N–H and O–H groups in total. The second-order valence-electron chi connectivity index (χ2n) is 5.15. The van der Waals surface area contributed by atoms with Gasteiger partial charge in [0.05, 0.1) is 21.4 Å². The van der Waals surface area contributed by atoms with Crippen LogP contribution in [0.5, 0.6) is 0 Å². The van der Waals surface area contributed by atoms with Crippen molar-refractivity contribution in [2.24, 2.45) is 0 Å². The summed E-state index contributed by atoms with van der Waals surface area (Å²) >= 11 is 13.6. The second kappa shape index (κ2) is 5.99. The molecule has 0 aliphatic rings. The summed E-state index contributed by atoms with van der Waals surface area (Å²) in [5.74, 6) is 1.60. The van der Waals surface area contributed by atoms with E-state index in [2.05, 4.69) is 42.7 Å². The number of fused-ring (bicyclic) bond motifs is 1. The Morgan fingerprint density at radius 3 is 2.76 bits per heavy atom. The summed E-state index contributed by atoms with van der Waals surface area (Å²) in [7, 11) is 0. The van der Waals surface area contributed by atoms with Gasteiger partial charge in [-0.05, 0) is 43.7 Å². The fraction of sp³-hybridized carbons (Fsp3) is 0.312. The molecule has 1 unspecified atom stereocenters. The zero-order valence-electron chi connectivity index (χ0n) is 11.9. The van der Waals surface area contributed by atoms with Crippen molar-refractivity contribution in [3.63, 3.8) is 0 Å². The maximum Gasteiger partial charge on any atom is 0.111 e. The normalized spacial score (nSPS) is 13.0. The highest BCUT2D eigenvalue weighted by Gasteiger charge is 2.18. The molecule has 0 aliphatic carbocycles. The van der Waals surface area contributed by atoms with E-state index in [-0.39, 0.29) is 6.04 Å². The van der Waals surface area contributed by atoms with Crippen molar-refractivity contribution in [2.75, 3.05) is 5.88 Å². The molecule has 1 atom stereocenters. The Morgan fingerprint density at radius 2 is 2.10 bits per heavy atom. The van der Waals surface area contributed by atoms with E-state index in [9.17, 15) is 0 Å². The smallest absolute Gasteiger partial charge is 0.111 e. The number of hydrogen-bond donors (Lipinski definition) is 0. The number of thiophene rings is 1. The Labute approximate surface area is 138 Å². The number of halogens is 2. The van der Waals surface area contributed by atoms with Gasteiger partial charge in [0.25, 0.3) is 0 Å². The van der Waals surface area contributed by atoms with Gasteiger partial charge < -0.3 is 4.57 Å². The minimum absolute atomic E-state index is 0.202. The summed E-state index contributed by atoms with van der Waals surface area (Å²) in [6, 6.07) is 10.6. The molecule has 3 rings (SSSR count). The quantitative estimate of drug-likeness (QED) is 0.578. The van der Waals surface area contributed by atoms with Crippen molar-refractivity contribution in [3.8, 4) is 0 Å². The lowest BCUT2D eigenvalue weighted by molar-refractivity contribution is 0.633. The lowest BCUT2D eigenvalue weighted by Gasteiger charge is -2.16. The Hall–Kier alpha value is -1.03. The lowest BCUT2D eigenvalue weighted by Crippen LogP contribution is -2.10. The van der Waals surface area contributed by atoms with Crippen LogP contribution in [0.1, 0.15) is 29.2 Å². The SMILES string of the molecule is Cc1ccc2c(c1)nc(CCCl)n2C(C)c1ccc(Cl)s1. The van der Waals surface area contributed by atoms with Gasteiger partial charge in [-0.25, -0.2) is 4.98 Å². The van der Waals surface area contributed by atoms with Crippen LogP contribution in [-0.2, 0) is 6.42 Å². The zero-order chi connectivity index (χ0) is 15.0. The molecule has 0 fully saturated rings. The van der Waals surface area contributed by atoms with Crippen molar-refractivity contribution in [1.29, 1.82) is 0 Å². The predicted octanol–water partition coefficient (Wildman–Crippen LogP) is 5.45. The summed E-state index contributed by atoms with van der Waals surface area (Å²) in [5, 5.41) is 0. The lowest BCUT2D eigenvalue weighted by atomic mass is 10.2. The standard InChI is InChI=1S/C16H16Cl2N2S/c1-10-3-4-13-12(9-10)19-16(7-8-17)20(13)11(2)14-5-6-15(18)21-14/h3-6,9,11H,7-8H2,1-2H3. The van der Waals surface area contributed by atoms with E-state index in [1.165, 1.54) is 10.4 Å². The molecule has 110 valence electrons. The fourth-order valence-corrected chi connectivity index (χ4v) is 3.90. The first-order valence-electron chi connectivity index (χ1n) is 6.89. The molecule has 2 aromatic heterocycles. The molecular formula is C16H16Cl2N2S. The van der Waals surface area contributed by atoms with Crippen LogP contribution in [0, 0.1) is 6.92 Å². The van der Waals surface area contributed by atoms with Gasteiger partial charge in [-0.3, -0.25) is 0 Å². The van der Waals surface area contributed by atoms with Gasteiger partial charge in [0, 0.05) is 17.2 Å². The van der Waals surface area contributed by atoms with Crippen molar-refractivity contribution in [3.05, 3.63) is 50.9 Å².